The van der Waals surface area contributed by atoms with Gasteiger partial charge in [-0.25, -0.2) is 15.2 Å². The number of hydrazine groups is 1. The second kappa shape index (κ2) is 5.72. The van der Waals surface area contributed by atoms with E-state index in [1.54, 1.807) is 38.2 Å². The van der Waals surface area contributed by atoms with Gasteiger partial charge in [-0.1, -0.05) is 0 Å². The molecule has 0 radical (unpaired) electrons. The van der Waals surface area contributed by atoms with Crippen molar-refractivity contribution in [1.82, 2.24) is 10.4 Å². The molecule has 1 atom stereocenters. The number of nitrogens with zero attached hydrogens (tertiary/aromatic N) is 2. The number of amides is 2. The summed E-state index contributed by atoms with van der Waals surface area (Å²) in [5.74, 6) is 0. The second-order valence-electron chi connectivity index (χ2n) is 3.45. The lowest BCUT2D eigenvalue weighted by molar-refractivity contribution is 0.181. The fraction of sp³-hybridized carbons (Fsp3) is 0.273. The summed E-state index contributed by atoms with van der Waals surface area (Å²) in [7, 11) is 1.58. The molecule has 0 fully saturated rings. The number of rotatable bonds is 3. The normalized spacial score (nSPS) is 11.4. The molecule has 0 saturated carbocycles. The van der Waals surface area contributed by atoms with Crippen molar-refractivity contribution >= 4 is 17.4 Å². The molecule has 1 aromatic carbocycles. The number of hydrogen-bond donors (Lipinski definition) is 3. The molecule has 90 valence electrons. The minimum atomic E-state index is -0.561. The Kier molecular flexibility index (Phi) is 4.31. The Balaban J connectivity index is 2.71. The van der Waals surface area contributed by atoms with Crippen molar-refractivity contribution in [3.05, 3.63) is 24.3 Å². The molecule has 0 aromatic heterocycles. The van der Waals surface area contributed by atoms with Crippen molar-refractivity contribution in [1.29, 1.82) is 5.26 Å². The van der Waals surface area contributed by atoms with Gasteiger partial charge in [0.2, 0.25) is 0 Å². The van der Waals surface area contributed by atoms with Gasteiger partial charge in [0.15, 0.2) is 0 Å². The molecule has 0 aliphatic carbocycles. The van der Waals surface area contributed by atoms with Crippen LogP contribution in [0.4, 0.5) is 16.2 Å². The lowest BCUT2D eigenvalue weighted by Gasteiger charge is -2.23. The molecule has 0 aliphatic rings. The highest BCUT2D eigenvalue weighted by Crippen LogP contribution is 2.11. The van der Waals surface area contributed by atoms with E-state index < -0.39 is 12.1 Å². The van der Waals surface area contributed by atoms with Gasteiger partial charge in [0, 0.05) is 18.4 Å². The summed E-state index contributed by atoms with van der Waals surface area (Å²) in [5, 5.41) is 12.6. The van der Waals surface area contributed by atoms with Crippen LogP contribution in [0.1, 0.15) is 6.92 Å². The Labute approximate surface area is 100.0 Å². The number of anilines is 2. The van der Waals surface area contributed by atoms with E-state index in [1.165, 1.54) is 5.01 Å². The number of urea groups is 1. The highest BCUT2D eigenvalue weighted by Gasteiger charge is 2.18. The first kappa shape index (κ1) is 12.8. The molecule has 0 bridgehead atoms. The summed E-state index contributed by atoms with van der Waals surface area (Å²) in [6, 6.07) is 7.78. The molecule has 1 unspecified atom stereocenters. The molecule has 0 aliphatic heterocycles. The molecule has 1 aromatic rings. The molecular weight excluding hydrogens is 218 g/mol. The Hall–Kier alpha value is -2.26. The van der Waals surface area contributed by atoms with Crippen LogP contribution < -0.4 is 16.5 Å². The van der Waals surface area contributed by atoms with Crippen molar-refractivity contribution in [2.24, 2.45) is 0 Å². The van der Waals surface area contributed by atoms with Crippen LogP contribution in [0, 0.1) is 11.3 Å². The molecule has 2 amide bonds. The van der Waals surface area contributed by atoms with Crippen LogP contribution >= 0.6 is 0 Å². The Morgan fingerprint density at radius 3 is 2.53 bits per heavy atom. The fourth-order valence-electron chi connectivity index (χ4n) is 1.28. The molecule has 4 N–H and O–H groups in total. The second-order valence-corrected chi connectivity index (χ2v) is 3.45. The maximum absolute atomic E-state index is 11.8. The molecular formula is C11H15N5O. The van der Waals surface area contributed by atoms with E-state index in [4.69, 9.17) is 11.0 Å². The number of nitrogen functional groups attached to an aromatic ring is 1. The Morgan fingerprint density at radius 2 is 2.06 bits per heavy atom. The van der Waals surface area contributed by atoms with E-state index in [2.05, 4.69) is 10.7 Å². The van der Waals surface area contributed by atoms with Crippen molar-refractivity contribution < 1.29 is 4.79 Å². The fourth-order valence-corrected chi connectivity index (χ4v) is 1.28. The molecule has 0 heterocycles. The molecule has 6 nitrogen and oxygen atoms in total. The number of carbonyl (C=O) groups is 1. The van der Waals surface area contributed by atoms with Gasteiger partial charge in [0.05, 0.1) is 6.07 Å². The summed E-state index contributed by atoms with van der Waals surface area (Å²) in [4.78, 5) is 11.8. The first-order valence-corrected chi connectivity index (χ1v) is 5.11. The standard InChI is InChI=1S/C11H15N5O/c1-8(7-12)16(14-2)11(17)15-10-5-3-9(13)4-6-10/h3-6,8,14H,13H2,1-2H3,(H,15,17). The monoisotopic (exact) mass is 233 g/mol. The Morgan fingerprint density at radius 1 is 1.47 bits per heavy atom. The number of nitrogens with two attached hydrogens (primary N) is 1. The summed E-state index contributed by atoms with van der Waals surface area (Å²) in [5.41, 5.74) is 9.44. The predicted octanol–water partition coefficient (Wildman–Crippen LogP) is 1.15. The van der Waals surface area contributed by atoms with E-state index in [-0.39, 0.29) is 0 Å². The van der Waals surface area contributed by atoms with E-state index in [9.17, 15) is 4.79 Å². The molecule has 17 heavy (non-hydrogen) atoms. The van der Waals surface area contributed by atoms with Gasteiger partial charge in [0.1, 0.15) is 6.04 Å². The first-order valence-electron chi connectivity index (χ1n) is 5.11. The number of nitrogens with one attached hydrogen (secondary N) is 2. The lowest BCUT2D eigenvalue weighted by Crippen LogP contribution is -2.48. The number of carbonyl (C=O) groups excluding carboxylic acids is 1. The van der Waals surface area contributed by atoms with Crippen molar-refractivity contribution in [3.8, 4) is 6.07 Å². The highest BCUT2D eigenvalue weighted by molar-refractivity contribution is 5.89. The number of hydrogen-bond acceptors (Lipinski definition) is 4. The average Bonchev–Trinajstić information content (AvgIpc) is 2.32. The highest BCUT2D eigenvalue weighted by atomic mass is 16.2. The van der Waals surface area contributed by atoms with Gasteiger partial charge >= 0.3 is 6.03 Å². The summed E-state index contributed by atoms with van der Waals surface area (Å²) in [6.07, 6.45) is 0. The van der Waals surface area contributed by atoms with E-state index in [0.29, 0.717) is 11.4 Å². The maximum Gasteiger partial charge on any atom is 0.337 e. The SMILES string of the molecule is CNN(C(=O)Nc1ccc(N)cc1)C(C)C#N. The van der Waals surface area contributed by atoms with E-state index in [0.717, 1.165) is 0 Å². The quantitative estimate of drug-likeness (QED) is 0.539. The summed E-state index contributed by atoms with van der Waals surface area (Å²) >= 11 is 0. The minimum Gasteiger partial charge on any atom is -0.399 e. The van der Waals surface area contributed by atoms with Crippen LogP contribution in [0.5, 0.6) is 0 Å². The van der Waals surface area contributed by atoms with Crippen LogP contribution in [0.15, 0.2) is 24.3 Å². The van der Waals surface area contributed by atoms with Gasteiger partial charge < -0.3 is 11.1 Å². The maximum atomic E-state index is 11.8. The average molecular weight is 233 g/mol. The number of benzene rings is 1. The van der Waals surface area contributed by atoms with Crippen LogP contribution in [-0.2, 0) is 0 Å². The first-order chi connectivity index (χ1) is 8.08. The predicted molar refractivity (Wildman–Crippen MR) is 65.8 cm³/mol. The molecule has 0 saturated heterocycles. The largest absolute Gasteiger partial charge is 0.399 e. The van der Waals surface area contributed by atoms with Crippen LogP contribution in [0.3, 0.4) is 0 Å². The zero-order valence-electron chi connectivity index (χ0n) is 9.77. The minimum absolute atomic E-state index is 0.397. The third-order valence-electron chi connectivity index (χ3n) is 2.20. The summed E-state index contributed by atoms with van der Waals surface area (Å²) in [6.45, 7) is 1.62. The molecule has 1 rings (SSSR count). The zero-order valence-corrected chi connectivity index (χ0v) is 9.77. The van der Waals surface area contributed by atoms with Gasteiger partial charge in [0.25, 0.3) is 0 Å². The summed E-state index contributed by atoms with van der Waals surface area (Å²) < 4.78 is 0. The van der Waals surface area contributed by atoms with Gasteiger partial charge in [-0.05, 0) is 31.2 Å². The van der Waals surface area contributed by atoms with Gasteiger partial charge in [-0.15, -0.1) is 0 Å². The van der Waals surface area contributed by atoms with E-state index >= 15 is 0 Å². The molecule has 0 spiro atoms. The molecule has 6 heteroatoms. The Bertz CT molecular complexity index is 422. The van der Waals surface area contributed by atoms with E-state index in [1.807, 2.05) is 6.07 Å². The van der Waals surface area contributed by atoms with Crippen molar-refractivity contribution in [2.45, 2.75) is 13.0 Å². The third-order valence-corrected chi connectivity index (χ3v) is 2.20. The number of nitriles is 1. The van der Waals surface area contributed by atoms with Crippen LogP contribution in [0.2, 0.25) is 0 Å². The zero-order chi connectivity index (χ0) is 12.8. The smallest absolute Gasteiger partial charge is 0.337 e. The van der Waals surface area contributed by atoms with Crippen molar-refractivity contribution in [2.75, 3.05) is 18.1 Å². The topological polar surface area (TPSA) is 94.2 Å². The lowest BCUT2D eigenvalue weighted by atomic mass is 10.3. The van der Waals surface area contributed by atoms with Crippen molar-refractivity contribution in [3.63, 3.8) is 0 Å². The van der Waals surface area contributed by atoms with Gasteiger partial charge in [-0.3, -0.25) is 0 Å². The third kappa shape index (κ3) is 3.36. The van der Waals surface area contributed by atoms with Crippen LogP contribution in [0.25, 0.3) is 0 Å². The van der Waals surface area contributed by atoms with Gasteiger partial charge in [-0.2, -0.15) is 5.26 Å². The van der Waals surface area contributed by atoms with Crippen LogP contribution in [-0.4, -0.2) is 24.1 Å².